The van der Waals surface area contributed by atoms with Crippen LogP contribution < -0.4 is 9.64 Å². The lowest BCUT2D eigenvalue weighted by Gasteiger charge is -2.50. The van der Waals surface area contributed by atoms with Crippen molar-refractivity contribution in [1.29, 1.82) is 0 Å². The van der Waals surface area contributed by atoms with Crippen LogP contribution in [0, 0.1) is 0 Å². The molecule has 2 aliphatic rings. The third-order valence-electron chi connectivity index (χ3n) is 8.78. The lowest BCUT2D eigenvalue weighted by atomic mass is 9.80. The van der Waals surface area contributed by atoms with Crippen molar-refractivity contribution in [3.63, 3.8) is 0 Å². The zero-order valence-electron chi connectivity index (χ0n) is 22.6. The molecule has 0 bridgehead atoms. The van der Waals surface area contributed by atoms with Gasteiger partial charge in [0.25, 0.3) is 0 Å². The van der Waals surface area contributed by atoms with E-state index in [1.54, 1.807) is 6.07 Å². The summed E-state index contributed by atoms with van der Waals surface area (Å²) < 4.78 is 5.20. The van der Waals surface area contributed by atoms with Gasteiger partial charge < -0.3 is 14.7 Å². The fourth-order valence-corrected chi connectivity index (χ4v) is 7.13. The zero-order valence-corrected chi connectivity index (χ0v) is 23.4. The van der Waals surface area contributed by atoms with Crippen LogP contribution in [0.4, 0.5) is 10.5 Å². The number of carbonyl (C=O) groups is 2. The number of amides is 1. The molecule has 0 spiro atoms. The van der Waals surface area contributed by atoms with Gasteiger partial charge >= 0.3 is 12.1 Å². The molecule has 1 fully saturated rings. The fourth-order valence-electron chi connectivity index (χ4n) is 6.76. The van der Waals surface area contributed by atoms with E-state index in [4.69, 9.17) is 21.4 Å². The number of carbonyl (C=O) groups excluding carboxylic acids is 1. The summed E-state index contributed by atoms with van der Waals surface area (Å²) >= 11 is 6.64. The second-order valence-electron chi connectivity index (χ2n) is 11.3. The highest BCUT2D eigenvalue weighted by Gasteiger charge is 2.55. The van der Waals surface area contributed by atoms with Crippen LogP contribution in [0.1, 0.15) is 55.8 Å². The molecule has 2 heterocycles. The molecule has 0 radical (unpaired) electrons. The minimum atomic E-state index is -1.33. The molecule has 1 saturated heterocycles. The number of benzene rings is 2. The van der Waals surface area contributed by atoms with Crippen molar-refractivity contribution in [3.8, 4) is 5.75 Å². The molecule has 5 rings (SSSR count). The minimum absolute atomic E-state index is 0.0504. The molecule has 1 aromatic heterocycles. The summed E-state index contributed by atoms with van der Waals surface area (Å²) in [5.41, 5.74) is 3.30. The summed E-state index contributed by atoms with van der Waals surface area (Å²) in [5.74, 6) is 0.450. The number of pyridine rings is 1. The summed E-state index contributed by atoms with van der Waals surface area (Å²) in [5, 5.41) is 9.67. The Labute approximate surface area is 234 Å². The number of likely N-dealkylation sites (N-methyl/N-ethyl adjacent to an activating group) is 1. The Morgan fingerprint density at radius 2 is 1.74 bits per heavy atom. The quantitative estimate of drug-likeness (QED) is 0.218. The lowest BCUT2D eigenvalue weighted by Crippen LogP contribution is -2.64. The van der Waals surface area contributed by atoms with E-state index in [1.165, 1.54) is 0 Å². The Morgan fingerprint density at radius 3 is 2.41 bits per heavy atom. The van der Waals surface area contributed by atoms with Crippen molar-refractivity contribution < 1.29 is 23.9 Å². The van der Waals surface area contributed by atoms with Crippen LogP contribution in [0.15, 0.2) is 67.0 Å². The van der Waals surface area contributed by atoms with Crippen LogP contribution in [0.5, 0.6) is 5.75 Å². The first-order chi connectivity index (χ1) is 18.6. The van der Waals surface area contributed by atoms with Gasteiger partial charge in [-0.3, -0.25) is 9.47 Å². The van der Waals surface area contributed by atoms with Crippen molar-refractivity contribution in [2.24, 2.45) is 0 Å². The van der Waals surface area contributed by atoms with Gasteiger partial charge in [-0.2, -0.15) is 0 Å². The summed E-state index contributed by atoms with van der Waals surface area (Å²) in [6.07, 6.45) is 5.61. The van der Waals surface area contributed by atoms with E-state index >= 15 is 0 Å². The molecule has 2 atom stereocenters. The molecule has 0 saturated carbocycles. The fraction of sp³-hybridized carbons (Fsp3) is 0.387. The average Bonchev–Trinajstić information content (AvgIpc) is 3.36. The third kappa shape index (κ3) is 5.01. The van der Waals surface area contributed by atoms with Crippen molar-refractivity contribution in [1.82, 2.24) is 4.98 Å². The summed E-state index contributed by atoms with van der Waals surface area (Å²) in [7, 11) is 2.11. The predicted molar refractivity (Wildman–Crippen MR) is 151 cm³/mol. The maximum absolute atomic E-state index is 14.9. The third-order valence-corrected chi connectivity index (χ3v) is 9.11. The van der Waals surface area contributed by atoms with Gasteiger partial charge in [-0.1, -0.05) is 29.8 Å². The number of hydrogen-bond donors (Lipinski definition) is 1. The topological polar surface area (TPSA) is 79.7 Å². The first-order valence-corrected chi connectivity index (χ1v) is 13.8. The molecular formula is C31H35ClN3O4+. The summed E-state index contributed by atoms with van der Waals surface area (Å²) in [6.45, 7) is 5.68. The van der Waals surface area contributed by atoms with E-state index in [2.05, 4.69) is 16.9 Å². The van der Waals surface area contributed by atoms with Gasteiger partial charge in [-0.25, -0.2) is 9.59 Å². The van der Waals surface area contributed by atoms with Gasteiger partial charge in [0, 0.05) is 61.0 Å². The second-order valence-corrected chi connectivity index (χ2v) is 11.7. The van der Waals surface area contributed by atoms with Crippen molar-refractivity contribution >= 4 is 29.4 Å². The Morgan fingerprint density at radius 1 is 1.05 bits per heavy atom. The van der Waals surface area contributed by atoms with E-state index in [0.717, 1.165) is 61.2 Å². The van der Waals surface area contributed by atoms with E-state index < -0.39 is 11.6 Å². The van der Waals surface area contributed by atoms with Crippen LogP contribution in [0.25, 0.3) is 0 Å². The highest BCUT2D eigenvalue weighted by Crippen LogP contribution is 2.47. The number of anilines is 1. The maximum atomic E-state index is 14.9. The molecular weight excluding hydrogens is 514 g/mol. The molecule has 1 N–H and O–H groups in total. The largest absolute Gasteiger partial charge is 0.511 e. The van der Waals surface area contributed by atoms with E-state index in [1.807, 2.05) is 74.8 Å². The van der Waals surface area contributed by atoms with Crippen molar-refractivity contribution in [2.45, 2.75) is 57.0 Å². The van der Waals surface area contributed by atoms with E-state index in [9.17, 15) is 9.59 Å². The first kappa shape index (κ1) is 27.2. The molecule has 1 aliphatic carbocycles. The van der Waals surface area contributed by atoms with Crippen LogP contribution >= 0.6 is 11.6 Å². The van der Waals surface area contributed by atoms with Gasteiger partial charge in [0.2, 0.25) is 0 Å². The Bertz CT molecular complexity index is 1370. The van der Waals surface area contributed by atoms with Gasteiger partial charge in [0.05, 0.1) is 13.1 Å². The molecule has 7 nitrogen and oxygen atoms in total. The van der Waals surface area contributed by atoms with Crippen molar-refractivity contribution in [2.75, 3.05) is 25.0 Å². The molecule has 2 unspecified atom stereocenters. The predicted octanol–water partition coefficient (Wildman–Crippen LogP) is 6.40. The van der Waals surface area contributed by atoms with Gasteiger partial charge in [0.15, 0.2) is 0 Å². The molecule has 3 aromatic rings. The average molecular weight is 549 g/mol. The molecule has 39 heavy (non-hydrogen) atoms. The Kier molecular flexibility index (Phi) is 7.40. The number of rotatable bonds is 6. The molecule has 1 amide bonds. The summed E-state index contributed by atoms with van der Waals surface area (Å²) in [4.78, 5) is 32.5. The van der Waals surface area contributed by atoms with Crippen molar-refractivity contribution in [3.05, 3.63) is 88.7 Å². The number of aromatic nitrogens is 1. The molecule has 8 heteroatoms. The van der Waals surface area contributed by atoms with E-state index in [-0.39, 0.29) is 22.5 Å². The number of carboxylic acid groups (broad SMARTS) is 1. The smallest absolute Gasteiger partial charge is 0.449 e. The zero-order chi connectivity index (χ0) is 27.8. The summed E-state index contributed by atoms with van der Waals surface area (Å²) in [6, 6.07) is 17.2. The maximum Gasteiger partial charge on any atom is 0.511 e. The van der Waals surface area contributed by atoms with Gasteiger partial charge in [-0.05, 0) is 67.8 Å². The Hall–Kier alpha value is -3.42. The van der Waals surface area contributed by atoms with Crippen LogP contribution in [-0.4, -0.2) is 52.8 Å². The van der Waals surface area contributed by atoms with Crippen LogP contribution in [-0.2, 0) is 16.6 Å². The SMILES string of the molecule is CC(C)(C(=O)[N+](C)(C1CCN(c2ccncc2)CC1)C1CCc2cc(OC(=O)O)ccc21)c1ccccc1Cl. The van der Waals surface area contributed by atoms with Gasteiger partial charge in [-0.15, -0.1) is 0 Å². The number of nitrogens with zero attached hydrogens (tertiary/aromatic N) is 3. The number of ether oxygens (including phenoxy) is 1. The number of halogens is 1. The number of aryl methyl sites for hydroxylation is 1. The number of piperidine rings is 1. The standard InChI is InChI=1S/C31H34ClN3O4/c1-31(2,26-6-4-5-7-27(26)32)29(36)35(3,23-14-18-34(19-15-23)22-12-16-33-17-13-22)28-11-8-21-20-24(39-30(37)38)9-10-25(21)28/h4-7,9-10,12-13,16-17,20,23,28H,8,11,14-15,18-19H2,1-3H3/p+1. The highest BCUT2D eigenvalue weighted by molar-refractivity contribution is 6.31. The lowest BCUT2D eigenvalue weighted by molar-refractivity contribution is -0.893. The van der Waals surface area contributed by atoms with E-state index in [0.29, 0.717) is 10.8 Å². The van der Waals surface area contributed by atoms with Crippen LogP contribution in [0.3, 0.4) is 0 Å². The monoisotopic (exact) mass is 548 g/mol. The van der Waals surface area contributed by atoms with Gasteiger partial charge in [0.1, 0.15) is 17.2 Å². The van der Waals surface area contributed by atoms with Crippen LogP contribution in [0.2, 0.25) is 5.02 Å². The Balaban J connectivity index is 1.52. The molecule has 2 aromatic carbocycles. The normalized spacial score (nSPS) is 19.3. The number of fused-ring (bicyclic) bond motifs is 1. The minimum Gasteiger partial charge on any atom is -0.449 e. The molecule has 1 aliphatic heterocycles. The molecule has 204 valence electrons. The first-order valence-electron chi connectivity index (χ1n) is 13.5. The second kappa shape index (κ2) is 10.6. The number of hydrogen-bond acceptors (Lipinski definition) is 5. The number of quaternary nitrogens is 1. The highest BCUT2D eigenvalue weighted by atomic mass is 35.5.